The van der Waals surface area contributed by atoms with Gasteiger partial charge >= 0.3 is 5.97 Å². The average Bonchev–Trinajstić information content (AvgIpc) is 3.10. The van der Waals surface area contributed by atoms with Gasteiger partial charge in [-0.1, -0.05) is 30.3 Å². The molecule has 124 valence electrons. The van der Waals surface area contributed by atoms with E-state index in [1.165, 1.54) is 12.7 Å². The second kappa shape index (κ2) is 6.71. The summed E-state index contributed by atoms with van der Waals surface area (Å²) in [5.41, 5.74) is 1.21. The third-order valence-corrected chi connectivity index (χ3v) is 5.15. The molecule has 0 bridgehead atoms. The predicted molar refractivity (Wildman–Crippen MR) is 86.6 cm³/mol. The SMILES string of the molecule is COC(=O)CCN1C[C@@H]2CN(C(C)=O)[C@H](c3ccccc3)[C@@H]2C1. The Morgan fingerprint density at radius 1 is 1.17 bits per heavy atom. The van der Waals surface area contributed by atoms with Gasteiger partial charge in [-0.25, -0.2) is 0 Å². The molecule has 0 radical (unpaired) electrons. The molecule has 2 aliphatic heterocycles. The predicted octanol–water partition coefficient (Wildman–Crippen LogP) is 1.70. The first-order chi connectivity index (χ1) is 11.1. The fraction of sp³-hybridized carbons (Fsp3) is 0.556. The first-order valence-electron chi connectivity index (χ1n) is 8.21. The van der Waals surface area contributed by atoms with E-state index in [2.05, 4.69) is 17.0 Å². The van der Waals surface area contributed by atoms with Gasteiger partial charge in [-0.05, 0) is 11.5 Å². The Bertz CT molecular complexity index is 575. The third kappa shape index (κ3) is 3.24. The van der Waals surface area contributed by atoms with Gasteiger partial charge < -0.3 is 14.5 Å². The second-order valence-electron chi connectivity index (χ2n) is 6.54. The molecule has 5 heteroatoms. The first kappa shape index (κ1) is 16.0. The summed E-state index contributed by atoms with van der Waals surface area (Å²) >= 11 is 0. The summed E-state index contributed by atoms with van der Waals surface area (Å²) in [5.74, 6) is 0.919. The van der Waals surface area contributed by atoms with Crippen LogP contribution in [0.25, 0.3) is 0 Å². The summed E-state index contributed by atoms with van der Waals surface area (Å²) < 4.78 is 4.72. The van der Waals surface area contributed by atoms with Crippen LogP contribution in [0.1, 0.15) is 24.9 Å². The Morgan fingerprint density at radius 2 is 1.91 bits per heavy atom. The molecule has 0 aliphatic carbocycles. The summed E-state index contributed by atoms with van der Waals surface area (Å²) in [7, 11) is 1.43. The summed E-state index contributed by atoms with van der Waals surface area (Å²) in [5, 5.41) is 0. The van der Waals surface area contributed by atoms with E-state index in [1.54, 1.807) is 6.92 Å². The maximum Gasteiger partial charge on any atom is 0.306 e. The van der Waals surface area contributed by atoms with E-state index in [1.807, 2.05) is 23.1 Å². The Kier molecular flexibility index (Phi) is 4.66. The van der Waals surface area contributed by atoms with Gasteiger partial charge in [-0.3, -0.25) is 9.59 Å². The highest BCUT2D eigenvalue weighted by atomic mass is 16.5. The van der Waals surface area contributed by atoms with Gasteiger partial charge in [0.25, 0.3) is 0 Å². The van der Waals surface area contributed by atoms with Crippen LogP contribution in [0.2, 0.25) is 0 Å². The number of carbonyl (C=O) groups excluding carboxylic acids is 2. The van der Waals surface area contributed by atoms with E-state index in [0.29, 0.717) is 18.3 Å². The molecule has 2 saturated heterocycles. The number of fused-ring (bicyclic) bond motifs is 1. The zero-order chi connectivity index (χ0) is 16.4. The average molecular weight is 316 g/mol. The number of amides is 1. The number of esters is 1. The van der Waals surface area contributed by atoms with Crippen molar-refractivity contribution >= 4 is 11.9 Å². The van der Waals surface area contributed by atoms with E-state index in [9.17, 15) is 9.59 Å². The molecular weight excluding hydrogens is 292 g/mol. The normalized spacial score (nSPS) is 27.0. The molecule has 0 unspecified atom stereocenters. The standard InChI is InChI=1S/C18H24N2O3/c1-13(21)20-11-15-10-19(9-8-17(22)23-2)12-16(15)18(20)14-6-4-3-5-7-14/h3-7,15-16,18H,8-12H2,1-2H3/t15-,16-,18-/m1/s1. The van der Waals surface area contributed by atoms with Gasteiger partial charge in [0, 0.05) is 39.0 Å². The summed E-state index contributed by atoms with van der Waals surface area (Å²) in [6.45, 7) is 5.10. The van der Waals surface area contributed by atoms with Crippen molar-refractivity contribution in [2.75, 3.05) is 33.3 Å². The number of nitrogens with zero attached hydrogens (tertiary/aromatic N) is 2. The maximum atomic E-state index is 12.0. The molecule has 2 heterocycles. The quantitative estimate of drug-likeness (QED) is 0.794. The molecule has 0 saturated carbocycles. The van der Waals surface area contributed by atoms with Crippen molar-refractivity contribution in [2.45, 2.75) is 19.4 Å². The lowest BCUT2D eigenvalue weighted by molar-refractivity contribution is -0.140. The van der Waals surface area contributed by atoms with Crippen LogP contribution >= 0.6 is 0 Å². The highest BCUT2D eigenvalue weighted by molar-refractivity contribution is 5.74. The van der Waals surface area contributed by atoms with Crippen molar-refractivity contribution in [2.24, 2.45) is 11.8 Å². The molecular formula is C18H24N2O3. The fourth-order valence-electron chi connectivity index (χ4n) is 4.07. The van der Waals surface area contributed by atoms with Crippen LogP contribution in [0, 0.1) is 11.8 Å². The van der Waals surface area contributed by atoms with Crippen LogP contribution in [0.3, 0.4) is 0 Å². The van der Waals surface area contributed by atoms with Gasteiger partial charge in [-0.15, -0.1) is 0 Å². The zero-order valence-corrected chi connectivity index (χ0v) is 13.8. The van der Waals surface area contributed by atoms with Crippen molar-refractivity contribution in [1.29, 1.82) is 0 Å². The van der Waals surface area contributed by atoms with Crippen molar-refractivity contribution in [3.63, 3.8) is 0 Å². The fourth-order valence-corrected chi connectivity index (χ4v) is 4.07. The van der Waals surface area contributed by atoms with E-state index >= 15 is 0 Å². The lowest BCUT2D eigenvalue weighted by Gasteiger charge is -2.29. The van der Waals surface area contributed by atoms with Crippen LogP contribution in [-0.2, 0) is 14.3 Å². The highest BCUT2D eigenvalue weighted by Crippen LogP contribution is 2.44. The van der Waals surface area contributed by atoms with Crippen LogP contribution in [0.4, 0.5) is 0 Å². The van der Waals surface area contributed by atoms with Crippen LogP contribution in [0.5, 0.6) is 0 Å². The highest BCUT2D eigenvalue weighted by Gasteiger charge is 2.48. The lowest BCUT2D eigenvalue weighted by Crippen LogP contribution is -2.34. The molecule has 5 nitrogen and oxygen atoms in total. The first-order valence-corrected chi connectivity index (χ1v) is 8.21. The topological polar surface area (TPSA) is 49.9 Å². The molecule has 0 N–H and O–H groups in total. The number of rotatable bonds is 4. The van der Waals surface area contributed by atoms with Gasteiger partial charge in [0.05, 0.1) is 19.6 Å². The van der Waals surface area contributed by atoms with Crippen molar-refractivity contribution in [3.8, 4) is 0 Å². The summed E-state index contributed by atoms with van der Waals surface area (Å²) in [6.07, 6.45) is 0.433. The van der Waals surface area contributed by atoms with E-state index < -0.39 is 0 Å². The molecule has 0 aromatic heterocycles. The zero-order valence-electron chi connectivity index (χ0n) is 13.8. The Labute approximate surface area is 137 Å². The van der Waals surface area contributed by atoms with Gasteiger partial charge in [0.1, 0.15) is 0 Å². The number of hydrogen-bond donors (Lipinski definition) is 0. The number of ether oxygens (including phenoxy) is 1. The van der Waals surface area contributed by atoms with Crippen molar-refractivity contribution in [3.05, 3.63) is 35.9 Å². The molecule has 1 aromatic rings. The molecule has 2 aliphatic rings. The smallest absolute Gasteiger partial charge is 0.306 e. The molecule has 1 aromatic carbocycles. The largest absolute Gasteiger partial charge is 0.469 e. The van der Waals surface area contributed by atoms with E-state index in [4.69, 9.17) is 4.74 Å². The number of benzene rings is 1. The van der Waals surface area contributed by atoms with Gasteiger partial charge in [0.15, 0.2) is 0 Å². The summed E-state index contributed by atoms with van der Waals surface area (Å²) in [4.78, 5) is 27.7. The number of likely N-dealkylation sites (tertiary alicyclic amines) is 2. The molecule has 3 atom stereocenters. The molecule has 0 spiro atoms. The number of carbonyl (C=O) groups is 2. The Balaban J connectivity index is 1.73. The molecule has 1 amide bonds. The minimum absolute atomic E-state index is 0.148. The Morgan fingerprint density at radius 3 is 2.57 bits per heavy atom. The third-order valence-electron chi connectivity index (χ3n) is 5.15. The van der Waals surface area contributed by atoms with Crippen LogP contribution in [0.15, 0.2) is 30.3 Å². The number of methoxy groups -OCH3 is 1. The lowest BCUT2D eigenvalue weighted by atomic mass is 9.89. The minimum Gasteiger partial charge on any atom is -0.469 e. The van der Waals surface area contributed by atoms with Crippen molar-refractivity contribution in [1.82, 2.24) is 9.80 Å². The second-order valence-corrected chi connectivity index (χ2v) is 6.54. The van der Waals surface area contributed by atoms with Crippen molar-refractivity contribution < 1.29 is 14.3 Å². The van der Waals surface area contributed by atoms with E-state index in [0.717, 1.165) is 26.2 Å². The number of hydrogen-bond acceptors (Lipinski definition) is 4. The summed E-state index contributed by atoms with van der Waals surface area (Å²) in [6, 6.07) is 10.4. The van der Waals surface area contributed by atoms with Crippen LogP contribution < -0.4 is 0 Å². The Hall–Kier alpha value is -1.88. The molecule has 2 fully saturated rings. The maximum absolute atomic E-state index is 12.0. The molecule has 3 rings (SSSR count). The van der Waals surface area contributed by atoms with E-state index in [-0.39, 0.29) is 17.9 Å². The van der Waals surface area contributed by atoms with Gasteiger partial charge in [-0.2, -0.15) is 0 Å². The monoisotopic (exact) mass is 316 g/mol. The van der Waals surface area contributed by atoms with Crippen LogP contribution in [-0.4, -0.2) is 55.0 Å². The van der Waals surface area contributed by atoms with Gasteiger partial charge in [0.2, 0.25) is 5.91 Å². The molecule has 23 heavy (non-hydrogen) atoms. The minimum atomic E-state index is -0.160.